The third kappa shape index (κ3) is 135. The fourth-order valence-electron chi connectivity index (χ4n) is 0.510. The first-order valence-corrected chi connectivity index (χ1v) is 7.49. The van der Waals surface area contributed by atoms with Crippen molar-refractivity contribution in [3.63, 3.8) is 0 Å². The Kier molecular flexibility index (Phi) is 386. The maximum absolute atomic E-state index is 7.50. The first-order chi connectivity index (χ1) is 8.50. The minimum Gasteiger partial charge on any atom is 0 e. The predicted octanol–water partition coefficient (Wildman–Crippen LogP) is 0.915. The average Bonchev–Trinajstić information content (AvgIpc) is 3.10. The molecule has 1 saturated heterocycles. The average molecular weight is 414 g/mol. The molecule has 0 saturated carbocycles. The summed E-state index contributed by atoms with van der Waals surface area (Å²) in [6.07, 6.45) is 2.56. The standard InChI is InChI=1S/C4H8O.5CO.ClH.Cr.In/c1-2-4-5-3-1;5*1-2;;;/h1-4H2;;;;;;1H;;/q;;;;;;;;+1/p-1. The molecule has 1 fully saturated rings. The summed E-state index contributed by atoms with van der Waals surface area (Å²) in [5, 5.41) is 0. The fourth-order valence-corrected chi connectivity index (χ4v) is 0.510. The molecule has 0 aromatic heterocycles. The Bertz CT molecular complexity index is 134. The zero-order chi connectivity index (χ0) is 15.5. The van der Waals surface area contributed by atoms with E-state index >= 15 is 0 Å². The van der Waals surface area contributed by atoms with Crippen LogP contribution in [0.4, 0.5) is 0 Å². The van der Waals surface area contributed by atoms with Crippen LogP contribution in [0.1, 0.15) is 12.8 Å². The van der Waals surface area contributed by atoms with Crippen molar-refractivity contribution in [2.75, 3.05) is 13.2 Å². The van der Waals surface area contributed by atoms with Crippen LogP contribution in [0.15, 0.2) is 0 Å². The molecule has 0 spiro atoms. The van der Waals surface area contributed by atoms with Crippen LogP contribution in [0.25, 0.3) is 0 Å². The van der Waals surface area contributed by atoms with Gasteiger partial charge in [-0.2, -0.15) is 0 Å². The van der Waals surface area contributed by atoms with Crippen molar-refractivity contribution in [1.82, 2.24) is 0 Å². The van der Waals surface area contributed by atoms with Gasteiger partial charge in [-0.1, -0.05) is 0 Å². The van der Waals surface area contributed by atoms with Gasteiger partial charge in [0.2, 0.25) is 0 Å². The molecule has 0 amide bonds. The second-order valence-electron chi connectivity index (χ2n) is 1.32. The molecule has 0 aromatic carbocycles. The van der Waals surface area contributed by atoms with Crippen molar-refractivity contribution in [1.29, 1.82) is 0 Å². The third-order valence-electron chi connectivity index (χ3n) is 0.827. The third-order valence-corrected chi connectivity index (χ3v) is 0.827. The van der Waals surface area contributed by atoms with Crippen LogP contribution in [0, 0.1) is 33.3 Å². The summed E-state index contributed by atoms with van der Waals surface area (Å²) >= 11 is 0.822. The van der Waals surface area contributed by atoms with E-state index in [0.29, 0.717) is 0 Å². The number of ether oxygens (including phenoxy) is 1. The summed E-state index contributed by atoms with van der Waals surface area (Å²) in [7, 11) is 4.77. The van der Waals surface area contributed by atoms with Crippen LogP contribution in [-0.2, 0) is 45.4 Å². The Morgan fingerprint density at radius 2 is 0.833 bits per heavy atom. The molecule has 0 aliphatic carbocycles. The van der Waals surface area contributed by atoms with Crippen LogP contribution < -0.4 is 0 Å². The van der Waals surface area contributed by atoms with E-state index in [2.05, 4.69) is 33.3 Å². The van der Waals surface area contributed by atoms with Crippen molar-refractivity contribution in [3.05, 3.63) is 33.3 Å². The zero-order valence-electron chi connectivity index (χ0n) is 9.14. The predicted molar refractivity (Wildman–Crippen MR) is 51.3 cm³/mol. The molecule has 1 rings (SSSR count). The van der Waals surface area contributed by atoms with Crippen LogP contribution in [-0.4, -0.2) is 36.4 Å². The summed E-state index contributed by atoms with van der Waals surface area (Å²) < 4.78 is 42.4. The summed E-state index contributed by atoms with van der Waals surface area (Å²) in [6, 6.07) is 0. The molecule has 1 aliphatic heterocycles. The molecule has 9 heteroatoms. The largest absolute Gasteiger partial charge is 0 e. The second kappa shape index (κ2) is 162. The number of rotatable bonds is 0. The summed E-state index contributed by atoms with van der Waals surface area (Å²) in [6.45, 7) is 24.5. The monoisotopic (exact) mass is 414 g/mol. The van der Waals surface area contributed by atoms with Crippen molar-refractivity contribution in [2.45, 2.75) is 12.8 Å². The normalized spacial score (nSPS) is 7.50. The van der Waals surface area contributed by atoms with Gasteiger partial charge in [0.15, 0.2) is 0 Å². The van der Waals surface area contributed by atoms with Gasteiger partial charge in [-0.25, -0.2) is 0 Å². The minimum atomic E-state index is 0. The molecule has 0 bridgehead atoms. The van der Waals surface area contributed by atoms with Crippen LogP contribution in [0.2, 0.25) is 0 Å². The van der Waals surface area contributed by atoms with Crippen molar-refractivity contribution < 1.29 is 45.4 Å². The molecule has 0 aromatic rings. The van der Waals surface area contributed by atoms with E-state index in [1.807, 2.05) is 0 Å². The van der Waals surface area contributed by atoms with Crippen molar-refractivity contribution in [3.8, 4) is 0 Å². The topological polar surface area (TPSA) is 109 Å². The first kappa shape index (κ1) is 42.9. The fraction of sp³-hybridized carbons (Fsp3) is 0.444. The van der Waals surface area contributed by atoms with Crippen LogP contribution in [0.5, 0.6) is 0 Å². The second-order valence-corrected chi connectivity index (χ2v) is 1.32. The van der Waals surface area contributed by atoms with Gasteiger partial charge < -0.3 is 4.74 Å². The molecule has 2 radical (unpaired) electrons. The molecule has 0 unspecified atom stereocenters. The molecule has 1 heterocycles. The Morgan fingerprint density at radius 1 is 0.667 bits per heavy atom. The molecular formula is C9H8ClCrInO6. The van der Waals surface area contributed by atoms with Gasteiger partial charge in [-0.15, -0.1) is 0 Å². The van der Waals surface area contributed by atoms with E-state index in [9.17, 15) is 0 Å². The van der Waals surface area contributed by atoms with Gasteiger partial charge in [0.05, 0.1) is 0 Å². The van der Waals surface area contributed by atoms with E-state index in [1.54, 1.807) is 0 Å². The van der Waals surface area contributed by atoms with Crippen molar-refractivity contribution >= 4 is 31.8 Å². The van der Waals surface area contributed by atoms with Gasteiger partial charge in [-0.3, -0.25) is 0 Å². The maximum Gasteiger partial charge on any atom is 0 e. The summed E-state index contributed by atoms with van der Waals surface area (Å²) in [4.78, 5) is 0. The Labute approximate surface area is 136 Å². The molecular weight excluding hydrogens is 406 g/mol. The van der Waals surface area contributed by atoms with Crippen LogP contribution in [0.3, 0.4) is 0 Å². The van der Waals surface area contributed by atoms with Crippen molar-refractivity contribution in [2.24, 2.45) is 0 Å². The molecule has 0 atom stereocenters. The van der Waals surface area contributed by atoms with Gasteiger partial charge in [0.25, 0.3) is 0 Å². The summed E-state index contributed by atoms with van der Waals surface area (Å²) in [5.41, 5.74) is 0. The first-order valence-electron chi connectivity index (χ1n) is 3.32. The number of halogens is 1. The maximum atomic E-state index is 7.50. The van der Waals surface area contributed by atoms with E-state index in [1.165, 1.54) is 12.8 Å². The molecule has 1 aliphatic rings. The van der Waals surface area contributed by atoms with E-state index < -0.39 is 0 Å². The Balaban J connectivity index is -0.0000000167. The molecule has 18 heavy (non-hydrogen) atoms. The zero-order valence-corrected chi connectivity index (χ0v) is 14.5. The minimum absolute atomic E-state index is 0. The SMILES string of the molecule is C1CCOC1.[C-]#[O+].[C-]#[O+].[C-]#[O+].[C-]#[O+].[C-]#[O+].[Cl][In].[Cr]. The Hall–Kier alpha value is 0.353. The van der Waals surface area contributed by atoms with Gasteiger partial charge in [0, 0.05) is 30.6 Å². The van der Waals surface area contributed by atoms with Crippen LogP contribution >= 0.6 is 8.58 Å². The molecule has 0 N–H and O–H groups in total. The van der Waals surface area contributed by atoms with E-state index in [-0.39, 0.29) is 17.4 Å². The van der Waals surface area contributed by atoms with E-state index in [0.717, 1.165) is 36.4 Å². The quantitative estimate of drug-likeness (QED) is 0.426. The smallest absolute Gasteiger partial charge is 0 e. The van der Waals surface area contributed by atoms with E-state index in [4.69, 9.17) is 36.6 Å². The Morgan fingerprint density at radius 3 is 0.889 bits per heavy atom. The number of hydrogen-bond donors (Lipinski definition) is 0. The van der Waals surface area contributed by atoms with Gasteiger partial charge >= 0.3 is 88.3 Å². The van der Waals surface area contributed by atoms with Gasteiger partial charge in [-0.05, 0) is 12.8 Å². The van der Waals surface area contributed by atoms with Gasteiger partial charge in [0.1, 0.15) is 0 Å². The molecule has 6 nitrogen and oxygen atoms in total. The number of hydrogen-bond acceptors (Lipinski definition) is 1. The molecule has 96 valence electrons. The summed E-state index contributed by atoms with van der Waals surface area (Å²) in [5.74, 6) is 0.